The molecular weight excluding hydrogens is 198 g/mol. The van der Waals surface area contributed by atoms with Crippen molar-refractivity contribution in [2.24, 2.45) is 0 Å². The molecule has 2 heteroatoms. The molecule has 1 N–H and O–H groups in total. The second kappa shape index (κ2) is 6.66. The quantitative estimate of drug-likeness (QED) is 0.829. The third kappa shape index (κ3) is 3.62. The topological polar surface area (TPSA) is 23.5 Å². The molecule has 1 aliphatic heterocycles. The minimum atomic E-state index is -0.222. The predicted octanol–water partition coefficient (Wildman–Crippen LogP) is 2.45. The smallest absolute Gasteiger partial charge is 0.0639 e. The summed E-state index contributed by atoms with van der Waals surface area (Å²) in [7, 11) is 0. The largest absolute Gasteiger partial charge is 0.392 e. The van der Waals surface area contributed by atoms with E-state index >= 15 is 0 Å². The fourth-order valence-electron chi connectivity index (χ4n) is 2.08. The molecular formula is C14H23NO. The average molecular weight is 221 g/mol. The molecule has 1 aliphatic rings. The third-order valence-electron chi connectivity index (χ3n) is 2.73. The molecule has 0 aliphatic carbocycles. The fraction of sp³-hybridized carbons (Fsp3) is 0.571. The van der Waals surface area contributed by atoms with Gasteiger partial charge in [0.1, 0.15) is 0 Å². The first-order chi connectivity index (χ1) is 7.75. The molecule has 1 aromatic rings. The Morgan fingerprint density at radius 1 is 1.25 bits per heavy atom. The molecule has 0 fully saturated rings. The number of hydrogen-bond acceptors (Lipinski definition) is 2. The first-order valence-electron chi connectivity index (χ1n) is 6.23. The number of benzene rings is 1. The number of β-amino-alcohol motifs (C(OH)–C–C–N with tert-alkyl or cyclic N) is 1. The summed E-state index contributed by atoms with van der Waals surface area (Å²) in [4.78, 5) is 2.31. The molecule has 0 radical (unpaired) electrons. The van der Waals surface area contributed by atoms with E-state index in [1.165, 1.54) is 11.1 Å². The lowest BCUT2D eigenvalue weighted by atomic mass is 10.00. The van der Waals surface area contributed by atoms with Crippen molar-refractivity contribution in [3.8, 4) is 0 Å². The standard InChI is InChI=1S/C12H17NO.C2H6/c1-10(14)8-13-7-6-11-4-2-3-5-12(11)9-13;1-2/h2-5,10,14H,6-9H2,1H3;1-2H3. The third-order valence-corrected chi connectivity index (χ3v) is 2.73. The molecule has 1 heterocycles. The van der Waals surface area contributed by atoms with Crippen LogP contribution in [0.4, 0.5) is 0 Å². The van der Waals surface area contributed by atoms with E-state index in [1.54, 1.807) is 0 Å². The zero-order chi connectivity index (χ0) is 12.0. The maximum Gasteiger partial charge on any atom is 0.0639 e. The van der Waals surface area contributed by atoms with Crippen molar-refractivity contribution in [1.29, 1.82) is 0 Å². The molecule has 0 amide bonds. The first kappa shape index (κ1) is 13.2. The van der Waals surface area contributed by atoms with Crippen molar-refractivity contribution in [1.82, 2.24) is 4.90 Å². The molecule has 16 heavy (non-hydrogen) atoms. The zero-order valence-corrected chi connectivity index (χ0v) is 10.6. The summed E-state index contributed by atoms with van der Waals surface area (Å²) in [5, 5.41) is 9.31. The Labute approximate surface area is 98.9 Å². The molecule has 90 valence electrons. The molecule has 2 rings (SSSR count). The lowest BCUT2D eigenvalue weighted by Crippen LogP contribution is -2.35. The van der Waals surface area contributed by atoms with E-state index in [2.05, 4.69) is 29.2 Å². The fourth-order valence-corrected chi connectivity index (χ4v) is 2.08. The Bertz CT molecular complexity index is 309. The first-order valence-corrected chi connectivity index (χ1v) is 6.23. The minimum absolute atomic E-state index is 0.222. The van der Waals surface area contributed by atoms with Crippen LogP contribution in [0.2, 0.25) is 0 Å². The Morgan fingerprint density at radius 3 is 2.50 bits per heavy atom. The van der Waals surface area contributed by atoms with Crippen LogP contribution in [0.15, 0.2) is 24.3 Å². The van der Waals surface area contributed by atoms with E-state index in [0.29, 0.717) is 0 Å². The van der Waals surface area contributed by atoms with Gasteiger partial charge in [0, 0.05) is 19.6 Å². The van der Waals surface area contributed by atoms with E-state index in [4.69, 9.17) is 0 Å². The summed E-state index contributed by atoms with van der Waals surface area (Å²) >= 11 is 0. The van der Waals surface area contributed by atoms with Gasteiger partial charge in [0.25, 0.3) is 0 Å². The van der Waals surface area contributed by atoms with E-state index in [1.807, 2.05) is 20.8 Å². The van der Waals surface area contributed by atoms with Crippen LogP contribution in [0, 0.1) is 0 Å². The lowest BCUT2D eigenvalue weighted by Gasteiger charge is -2.29. The lowest BCUT2D eigenvalue weighted by molar-refractivity contribution is 0.119. The van der Waals surface area contributed by atoms with Crippen LogP contribution in [0.25, 0.3) is 0 Å². The molecule has 1 atom stereocenters. The SMILES string of the molecule is CC.CC(O)CN1CCc2ccccc2C1. The van der Waals surface area contributed by atoms with Crippen molar-refractivity contribution in [3.05, 3.63) is 35.4 Å². The predicted molar refractivity (Wildman–Crippen MR) is 68.5 cm³/mol. The van der Waals surface area contributed by atoms with Gasteiger partial charge in [0.15, 0.2) is 0 Å². The number of rotatable bonds is 2. The highest BCUT2D eigenvalue weighted by molar-refractivity contribution is 5.28. The molecule has 0 spiro atoms. The van der Waals surface area contributed by atoms with E-state index in [0.717, 1.165) is 26.1 Å². The van der Waals surface area contributed by atoms with Gasteiger partial charge in [-0.25, -0.2) is 0 Å². The Morgan fingerprint density at radius 2 is 1.88 bits per heavy atom. The summed E-state index contributed by atoms with van der Waals surface area (Å²) < 4.78 is 0. The molecule has 0 saturated carbocycles. The maximum atomic E-state index is 9.31. The number of hydrogen-bond donors (Lipinski definition) is 1. The molecule has 1 unspecified atom stereocenters. The zero-order valence-electron chi connectivity index (χ0n) is 10.6. The summed E-state index contributed by atoms with van der Waals surface area (Å²) in [6, 6.07) is 8.58. The van der Waals surface area contributed by atoms with Gasteiger partial charge < -0.3 is 5.11 Å². The van der Waals surface area contributed by atoms with Crippen molar-refractivity contribution in [3.63, 3.8) is 0 Å². The average Bonchev–Trinajstić information content (AvgIpc) is 2.31. The van der Waals surface area contributed by atoms with Crippen LogP contribution in [-0.4, -0.2) is 29.2 Å². The molecule has 1 aromatic carbocycles. The van der Waals surface area contributed by atoms with Gasteiger partial charge in [-0.2, -0.15) is 0 Å². The van der Waals surface area contributed by atoms with Crippen molar-refractivity contribution >= 4 is 0 Å². The summed E-state index contributed by atoms with van der Waals surface area (Å²) in [6.07, 6.45) is 0.892. The van der Waals surface area contributed by atoms with Gasteiger partial charge >= 0.3 is 0 Å². The number of fused-ring (bicyclic) bond motifs is 1. The molecule has 0 saturated heterocycles. The van der Waals surface area contributed by atoms with Crippen molar-refractivity contribution < 1.29 is 5.11 Å². The van der Waals surface area contributed by atoms with Gasteiger partial charge in [0.05, 0.1) is 6.10 Å². The van der Waals surface area contributed by atoms with Gasteiger partial charge in [-0.05, 0) is 24.5 Å². The van der Waals surface area contributed by atoms with Crippen molar-refractivity contribution in [2.75, 3.05) is 13.1 Å². The van der Waals surface area contributed by atoms with Gasteiger partial charge in [-0.1, -0.05) is 38.1 Å². The highest BCUT2D eigenvalue weighted by Crippen LogP contribution is 2.18. The van der Waals surface area contributed by atoms with Crippen LogP contribution in [0.1, 0.15) is 31.9 Å². The van der Waals surface area contributed by atoms with Crippen LogP contribution in [-0.2, 0) is 13.0 Å². The highest BCUT2D eigenvalue weighted by Gasteiger charge is 2.16. The van der Waals surface area contributed by atoms with Crippen LogP contribution < -0.4 is 0 Å². The van der Waals surface area contributed by atoms with Gasteiger partial charge in [-0.3, -0.25) is 4.90 Å². The molecule has 0 bridgehead atoms. The Kier molecular flexibility index (Phi) is 5.50. The van der Waals surface area contributed by atoms with E-state index in [-0.39, 0.29) is 6.10 Å². The summed E-state index contributed by atoms with van der Waals surface area (Å²) in [6.45, 7) is 8.69. The number of aliphatic hydroxyl groups is 1. The second-order valence-corrected chi connectivity index (χ2v) is 4.10. The van der Waals surface area contributed by atoms with Crippen LogP contribution in [0.3, 0.4) is 0 Å². The normalized spacial score (nSPS) is 17.0. The molecule has 0 aromatic heterocycles. The van der Waals surface area contributed by atoms with Crippen LogP contribution >= 0.6 is 0 Å². The van der Waals surface area contributed by atoms with Gasteiger partial charge in [0.2, 0.25) is 0 Å². The maximum absolute atomic E-state index is 9.31. The van der Waals surface area contributed by atoms with E-state index in [9.17, 15) is 5.11 Å². The Hall–Kier alpha value is -0.860. The van der Waals surface area contributed by atoms with Crippen molar-refractivity contribution in [2.45, 2.75) is 39.8 Å². The number of aliphatic hydroxyl groups excluding tert-OH is 1. The van der Waals surface area contributed by atoms with E-state index < -0.39 is 0 Å². The summed E-state index contributed by atoms with van der Waals surface area (Å²) in [5.41, 5.74) is 2.88. The highest BCUT2D eigenvalue weighted by atomic mass is 16.3. The Balaban J connectivity index is 0.000000606. The van der Waals surface area contributed by atoms with Crippen LogP contribution in [0.5, 0.6) is 0 Å². The number of nitrogens with zero attached hydrogens (tertiary/aromatic N) is 1. The monoisotopic (exact) mass is 221 g/mol. The molecule has 2 nitrogen and oxygen atoms in total. The summed E-state index contributed by atoms with van der Waals surface area (Å²) in [5.74, 6) is 0. The van der Waals surface area contributed by atoms with Gasteiger partial charge in [-0.15, -0.1) is 0 Å². The second-order valence-electron chi connectivity index (χ2n) is 4.10. The minimum Gasteiger partial charge on any atom is -0.392 e.